The Morgan fingerprint density at radius 1 is 1.05 bits per heavy atom. The fourth-order valence-corrected chi connectivity index (χ4v) is 2.28. The molecule has 0 radical (unpaired) electrons. The fourth-order valence-electron chi connectivity index (χ4n) is 2.13. The van der Waals surface area contributed by atoms with Crippen LogP contribution in [0.5, 0.6) is 6.01 Å². The van der Waals surface area contributed by atoms with Crippen molar-refractivity contribution in [3.8, 4) is 6.01 Å². The van der Waals surface area contributed by atoms with E-state index in [2.05, 4.69) is 45.5 Å². The lowest BCUT2D eigenvalue weighted by Crippen LogP contribution is -2.53. The van der Waals surface area contributed by atoms with Crippen LogP contribution in [0.2, 0.25) is 5.28 Å². The van der Waals surface area contributed by atoms with E-state index in [-0.39, 0.29) is 16.8 Å². The molecule has 0 aliphatic carbocycles. The monoisotopic (exact) mass is 285 g/mol. The van der Waals surface area contributed by atoms with Gasteiger partial charge in [0.25, 0.3) is 0 Å². The Labute approximate surface area is 118 Å². The van der Waals surface area contributed by atoms with Gasteiger partial charge in [0.2, 0.25) is 11.2 Å². The van der Waals surface area contributed by atoms with Gasteiger partial charge in [0.05, 0.1) is 7.11 Å². The van der Waals surface area contributed by atoms with Crippen molar-refractivity contribution in [2.24, 2.45) is 0 Å². The van der Waals surface area contributed by atoms with E-state index in [0.29, 0.717) is 5.95 Å². The minimum Gasteiger partial charge on any atom is -0.467 e. The molecule has 0 amide bonds. The molecule has 0 saturated carbocycles. The summed E-state index contributed by atoms with van der Waals surface area (Å²) in [6.07, 6.45) is 0. The highest BCUT2D eigenvalue weighted by Gasteiger charge is 2.27. The van der Waals surface area contributed by atoms with E-state index in [4.69, 9.17) is 16.3 Å². The molecule has 2 heterocycles. The molecule has 0 N–H and O–H groups in total. The van der Waals surface area contributed by atoms with Crippen molar-refractivity contribution in [1.29, 1.82) is 0 Å². The zero-order chi connectivity index (χ0) is 14.0. The molecule has 6 nitrogen and oxygen atoms in total. The first-order valence-corrected chi connectivity index (χ1v) is 6.73. The summed E-state index contributed by atoms with van der Waals surface area (Å²) < 4.78 is 5.02. The number of aromatic nitrogens is 3. The maximum Gasteiger partial charge on any atom is 0.322 e. The summed E-state index contributed by atoms with van der Waals surface area (Å²) in [6, 6.07) is 0.258. The molecule has 0 aromatic carbocycles. The van der Waals surface area contributed by atoms with Gasteiger partial charge in [-0.05, 0) is 32.4 Å². The summed E-state index contributed by atoms with van der Waals surface area (Å²) in [7, 11) is 1.52. The second-order valence-corrected chi connectivity index (χ2v) is 5.87. The highest BCUT2D eigenvalue weighted by atomic mass is 35.5. The number of rotatable bonds is 2. The van der Waals surface area contributed by atoms with Gasteiger partial charge in [-0.3, -0.25) is 4.90 Å². The number of halogens is 1. The predicted molar refractivity (Wildman–Crippen MR) is 74.9 cm³/mol. The fraction of sp³-hybridized carbons (Fsp3) is 0.750. The van der Waals surface area contributed by atoms with Crippen LogP contribution in [0.25, 0.3) is 0 Å². The molecule has 7 heteroatoms. The van der Waals surface area contributed by atoms with Crippen molar-refractivity contribution in [3.63, 3.8) is 0 Å². The van der Waals surface area contributed by atoms with Crippen LogP contribution in [-0.4, -0.2) is 58.7 Å². The van der Waals surface area contributed by atoms with Gasteiger partial charge in [0.15, 0.2) is 0 Å². The van der Waals surface area contributed by atoms with Crippen molar-refractivity contribution in [2.45, 2.75) is 26.3 Å². The molecule has 1 aromatic rings. The van der Waals surface area contributed by atoms with Gasteiger partial charge in [-0.25, -0.2) is 0 Å². The number of ether oxygens (including phenoxy) is 1. The van der Waals surface area contributed by atoms with Crippen molar-refractivity contribution < 1.29 is 4.74 Å². The third-order valence-electron chi connectivity index (χ3n) is 3.27. The van der Waals surface area contributed by atoms with Gasteiger partial charge in [-0.1, -0.05) is 0 Å². The Bertz CT molecular complexity index is 440. The third kappa shape index (κ3) is 3.45. The summed E-state index contributed by atoms with van der Waals surface area (Å²) in [5, 5.41) is 0.167. The number of methoxy groups -OCH3 is 1. The average Bonchev–Trinajstić information content (AvgIpc) is 2.37. The molecule has 1 fully saturated rings. The minimum atomic E-state index is 0.167. The van der Waals surface area contributed by atoms with E-state index >= 15 is 0 Å². The maximum absolute atomic E-state index is 5.87. The molecule has 106 valence electrons. The summed E-state index contributed by atoms with van der Waals surface area (Å²) >= 11 is 5.87. The minimum absolute atomic E-state index is 0.167. The summed E-state index contributed by atoms with van der Waals surface area (Å²) in [4.78, 5) is 16.8. The van der Waals surface area contributed by atoms with E-state index in [9.17, 15) is 0 Å². The third-order valence-corrected chi connectivity index (χ3v) is 3.44. The quantitative estimate of drug-likeness (QED) is 0.820. The molecule has 1 aliphatic rings. The molecule has 1 saturated heterocycles. The molecule has 0 atom stereocenters. The van der Waals surface area contributed by atoms with E-state index in [1.165, 1.54) is 7.11 Å². The van der Waals surface area contributed by atoms with E-state index in [0.717, 1.165) is 26.2 Å². The Morgan fingerprint density at radius 2 is 1.68 bits per heavy atom. The van der Waals surface area contributed by atoms with Crippen LogP contribution >= 0.6 is 11.6 Å². The Morgan fingerprint density at radius 3 is 2.21 bits per heavy atom. The van der Waals surface area contributed by atoms with Gasteiger partial charge in [-0.2, -0.15) is 15.0 Å². The largest absolute Gasteiger partial charge is 0.467 e. The second kappa shape index (κ2) is 5.46. The molecule has 0 unspecified atom stereocenters. The van der Waals surface area contributed by atoms with E-state index in [1.807, 2.05) is 0 Å². The van der Waals surface area contributed by atoms with Crippen molar-refractivity contribution >= 4 is 17.5 Å². The summed E-state index contributed by atoms with van der Waals surface area (Å²) in [5.74, 6) is 0.588. The van der Waals surface area contributed by atoms with Gasteiger partial charge in [-0.15, -0.1) is 0 Å². The molecule has 0 bridgehead atoms. The Hall–Kier alpha value is -1.14. The molecule has 19 heavy (non-hydrogen) atoms. The number of hydrogen-bond donors (Lipinski definition) is 0. The summed E-state index contributed by atoms with van der Waals surface area (Å²) in [5.41, 5.74) is 0.195. The molecule has 1 aromatic heterocycles. The number of nitrogens with zero attached hydrogens (tertiary/aromatic N) is 5. The standard InChI is InChI=1S/C12H20ClN5O/c1-12(2,3)18-7-5-17(6-8-18)10-14-9(13)15-11(16-10)19-4/h5-8H2,1-4H3. The van der Waals surface area contributed by atoms with Gasteiger partial charge in [0.1, 0.15) is 0 Å². The predicted octanol–water partition coefficient (Wildman–Crippen LogP) is 1.45. The first-order chi connectivity index (χ1) is 8.90. The lowest BCUT2D eigenvalue weighted by Gasteiger charge is -2.42. The zero-order valence-corrected chi connectivity index (χ0v) is 12.6. The van der Waals surface area contributed by atoms with Crippen molar-refractivity contribution in [2.75, 3.05) is 38.2 Å². The van der Waals surface area contributed by atoms with Crippen LogP contribution in [0.1, 0.15) is 20.8 Å². The van der Waals surface area contributed by atoms with Crippen molar-refractivity contribution in [1.82, 2.24) is 19.9 Å². The smallest absolute Gasteiger partial charge is 0.322 e. The van der Waals surface area contributed by atoms with Crippen LogP contribution in [0.4, 0.5) is 5.95 Å². The average molecular weight is 286 g/mol. The first-order valence-electron chi connectivity index (χ1n) is 6.36. The van der Waals surface area contributed by atoms with Crippen LogP contribution in [0, 0.1) is 0 Å². The molecular weight excluding hydrogens is 266 g/mol. The van der Waals surface area contributed by atoms with Crippen molar-refractivity contribution in [3.05, 3.63) is 5.28 Å². The Kier molecular flexibility index (Phi) is 4.10. The topological polar surface area (TPSA) is 54.4 Å². The maximum atomic E-state index is 5.87. The zero-order valence-electron chi connectivity index (χ0n) is 11.9. The molecule has 0 spiro atoms. The SMILES string of the molecule is COc1nc(Cl)nc(N2CCN(C(C)(C)C)CC2)n1. The van der Waals surface area contributed by atoms with Gasteiger partial charge >= 0.3 is 6.01 Å². The van der Waals surface area contributed by atoms with Crippen LogP contribution in [0.3, 0.4) is 0 Å². The highest BCUT2D eigenvalue weighted by molar-refractivity contribution is 6.28. The molecular formula is C12H20ClN5O. The number of hydrogen-bond acceptors (Lipinski definition) is 6. The first kappa shape index (κ1) is 14.3. The highest BCUT2D eigenvalue weighted by Crippen LogP contribution is 2.20. The summed E-state index contributed by atoms with van der Waals surface area (Å²) in [6.45, 7) is 10.4. The van der Waals surface area contributed by atoms with Crippen LogP contribution in [0.15, 0.2) is 0 Å². The lowest BCUT2D eigenvalue weighted by atomic mass is 10.1. The lowest BCUT2D eigenvalue weighted by molar-refractivity contribution is 0.128. The molecule has 2 rings (SSSR count). The Balaban J connectivity index is 2.07. The van der Waals surface area contributed by atoms with Gasteiger partial charge < -0.3 is 9.64 Å². The van der Waals surface area contributed by atoms with Gasteiger partial charge in [0, 0.05) is 31.7 Å². The van der Waals surface area contributed by atoms with E-state index < -0.39 is 0 Å². The van der Waals surface area contributed by atoms with Crippen LogP contribution < -0.4 is 9.64 Å². The number of anilines is 1. The van der Waals surface area contributed by atoms with E-state index in [1.54, 1.807) is 0 Å². The molecule has 1 aliphatic heterocycles. The number of piperazine rings is 1. The normalized spacial score (nSPS) is 17.6. The second-order valence-electron chi connectivity index (χ2n) is 5.54. The van der Waals surface area contributed by atoms with Crippen LogP contribution in [-0.2, 0) is 0 Å².